The number of para-hydroxylation sites is 1. The molecule has 39 heavy (non-hydrogen) atoms. The summed E-state index contributed by atoms with van der Waals surface area (Å²) < 4.78 is 1.95. The molecule has 6 nitrogen and oxygen atoms in total. The number of aromatic nitrogens is 1. The van der Waals surface area contributed by atoms with Gasteiger partial charge in [-0.25, -0.2) is 5.43 Å². The number of carbonyl (C=O) groups excluding carboxylic acids is 1. The van der Waals surface area contributed by atoms with Crippen LogP contribution in [0.2, 0.25) is 0 Å². The summed E-state index contributed by atoms with van der Waals surface area (Å²) >= 11 is 0. The van der Waals surface area contributed by atoms with Crippen LogP contribution in [0.3, 0.4) is 0 Å². The molecule has 0 fully saturated rings. The number of hydrogen-bond donors (Lipinski definition) is 2. The summed E-state index contributed by atoms with van der Waals surface area (Å²) in [5.41, 5.74) is 9.88. The number of phenolic OH excluding ortho intramolecular Hbond substituents is 1. The SMILES string of the molecule is CN(C)c1ccc(/C=N/NC(=O)Cn2c(-c3ccccc3O)cc(-c3ccccc3)c2-c2ccccc2)cc1. The maximum Gasteiger partial charge on any atom is 0.260 e. The highest BCUT2D eigenvalue weighted by atomic mass is 16.3. The Hall–Kier alpha value is -5.10. The molecule has 1 amide bonds. The van der Waals surface area contributed by atoms with Gasteiger partial charge >= 0.3 is 0 Å². The van der Waals surface area contributed by atoms with Gasteiger partial charge in [0, 0.05) is 30.9 Å². The van der Waals surface area contributed by atoms with Crippen LogP contribution in [0.25, 0.3) is 33.6 Å². The first-order chi connectivity index (χ1) is 19.0. The second kappa shape index (κ2) is 11.5. The van der Waals surface area contributed by atoms with E-state index in [4.69, 9.17) is 0 Å². The van der Waals surface area contributed by atoms with Crippen LogP contribution in [0.4, 0.5) is 5.69 Å². The van der Waals surface area contributed by atoms with E-state index in [0.29, 0.717) is 5.56 Å². The summed E-state index contributed by atoms with van der Waals surface area (Å²) in [5, 5.41) is 14.9. The molecule has 5 aromatic rings. The number of rotatable bonds is 8. The van der Waals surface area contributed by atoms with Crippen LogP contribution < -0.4 is 10.3 Å². The van der Waals surface area contributed by atoms with Crippen LogP contribution in [0.15, 0.2) is 120 Å². The Morgan fingerprint density at radius 3 is 2.08 bits per heavy atom. The third-order valence-electron chi connectivity index (χ3n) is 6.52. The van der Waals surface area contributed by atoms with E-state index >= 15 is 0 Å². The summed E-state index contributed by atoms with van der Waals surface area (Å²) in [5.74, 6) is -0.129. The minimum absolute atomic E-state index is 0.0115. The highest BCUT2D eigenvalue weighted by Crippen LogP contribution is 2.41. The Labute approximate surface area is 228 Å². The maximum absolute atomic E-state index is 13.2. The molecule has 1 heterocycles. The van der Waals surface area contributed by atoms with Crippen LogP contribution in [0.1, 0.15) is 5.56 Å². The predicted molar refractivity (Wildman–Crippen MR) is 159 cm³/mol. The Morgan fingerprint density at radius 1 is 0.821 bits per heavy atom. The minimum Gasteiger partial charge on any atom is -0.507 e. The fourth-order valence-corrected chi connectivity index (χ4v) is 4.59. The van der Waals surface area contributed by atoms with Gasteiger partial charge in [-0.3, -0.25) is 4.79 Å². The smallest absolute Gasteiger partial charge is 0.260 e. The molecule has 194 valence electrons. The van der Waals surface area contributed by atoms with Crippen molar-refractivity contribution in [1.82, 2.24) is 9.99 Å². The van der Waals surface area contributed by atoms with Crippen LogP contribution in [0.5, 0.6) is 5.75 Å². The van der Waals surface area contributed by atoms with E-state index in [1.165, 1.54) is 0 Å². The first-order valence-electron chi connectivity index (χ1n) is 12.7. The Morgan fingerprint density at radius 2 is 1.44 bits per heavy atom. The minimum atomic E-state index is -0.278. The van der Waals surface area contributed by atoms with Gasteiger partial charge in [0.1, 0.15) is 12.3 Å². The molecule has 0 bridgehead atoms. The van der Waals surface area contributed by atoms with Crippen molar-refractivity contribution in [3.05, 3.63) is 121 Å². The van der Waals surface area contributed by atoms with Crippen molar-refractivity contribution in [2.75, 3.05) is 19.0 Å². The number of aromatic hydroxyl groups is 1. The van der Waals surface area contributed by atoms with Gasteiger partial charge in [0.2, 0.25) is 0 Å². The number of nitrogens with zero attached hydrogens (tertiary/aromatic N) is 3. The lowest BCUT2D eigenvalue weighted by Gasteiger charge is -2.15. The van der Waals surface area contributed by atoms with Crippen molar-refractivity contribution in [3.8, 4) is 39.4 Å². The van der Waals surface area contributed by atoms with E-state index in [1.54, 1.807) is 18.3 Å². The molecule has 2 N–H and O–H groups in total. The molecule has 6 heteroatoms. The predicted octanol–water partition coefficient (Wildman–Crippen LogP) is 6.41. The third kappa shape index (κ3) is 5.75. The van der Waals surface area contributed by atoms with Gasteiger partial charge in [0.25, 0.3) is 5.91 Å². The van der Waals surface area contributed by atoms with Crippen molar-refractivity contribution >= 4 is 17.8 Å². The first kappa shape index (κ1) is 25.5. The third-order valence-corrected chi connectivity index (χ3v) is 6.52. The van der Waals surface area contributed by atoms with Crippen molar-refractivity contribution in [2.24, 2.45) is 5.10 Å². The van der Waals surface area contributed by atoms with Gasteiger partial charge in [0.15, 0.2) is 0 Å². The summed E-state index contributed by atoms with van der Waals surface area (Å²) in [6.07, 6.45) is 1.63. The van der Waals surface area contributed by atoms with E-state index in [-0.39, 0.29) is 18.2 Å². The number of anilines is 1. The summed E-state index contributed by atoms with van der Waals surface area (Å²) in [6.45, 7) is 0.0115. The van der Waals surface area contributed by atoms with E-state index in [0.717, 1.165) is 39.3 Å². The number of nitrogens with one attached hydrogen (secondary N) is 1. The van der Waals surface area contributed by atoms with E-state index < -0.39 is 0 Å². The van der Waals surface area contributed by atoms with Crippen molar-refractivity contribution in [2.45, 2.75) is 6.54 Å². The van der Waals surface area contributed by atoms with Gasteiger partial charge in [0.05, 0.1) is 17.6 Å². The second-order valence-electron chi connectivity index (χ2n) is 9.41. The zero-order valence-electron chi connectivity index (χ0n) is 22.0. The molecule has 0 aliphatic rings. The molecule has 0 unspecified atom stereocenters. The number of amides is 1. The Bertz CT molecular complexity index is 1590. The number of phenols is 1. The zero-order chi connectivity index (χ0) is 27.2. The molecular weight excluding hydrogens is 484 g/mol. The monoisotopic (exact) mass is 514 g/mol. The molecular formula is C33H30N4O2. The molecule has 0 atom stereocenters. The lowest BCUT2D eigenvalue weighted by molar-refractivity contribution is -0.121. The quantitative estimate of drug-likeness (QED) is 0.186. The van der Waals surface area contributed by atoms with Gasteiger partial charge in [-0.2, -0.15) is 5.10 Å². The van der Waals surface area contributed by atoms with Crippen LogP contribution in [-0.2, 0) is 11.3 Å². The van der Waals surface area contributed by atoms with Gasteiger partial charge in [-0.05, 0) is 47.0 Å². The van der Waals surface area contributed by atoms with Crippen molar-refractivity contribution in [1.29, 1.82) is 0 Å². The topological polar surface area (TPSA) is 69.9 Å². The molecule has 1 aromatic heterocycles. The van der Waals surface area contributed by atoms with Gasteiger partial charge in [-0.1, -0.05) is 84.9 Å². The van der Waals surface area contributed by atoms with Gasteiger partial charge in [-0.15, -0.1) is 0 Å². The number of carbonyl (C=O) groups is 1. The molecule has 5 rings (SSSR count). The average molecular weight is 515 g/mol. The summed E-state index contributed by atoms with van der Waals surface area (Å²) in [7, 11) is 3.97. The van der Waals surface area contributed by atoms with E-state index in [9.17, 15) is 9.90 Å². The second-order valence-corrected chi connectivity index (χ2v) is 9.41. The van der Waals surface area contributed by atoms with E-state index in [1.807, 2.05) is 127 Å². The highest BCUT2D eigenvalue weighted by Gasteiger charge is 2.22. The van der Waals surface area contributed by atoms with Crippen LogP contribution in [-0.4, -0.2) is 35.9 Å². The van der Waals surface area contributed by atoms with Crippen LogP contribution >= 0.6 is 0 Å². The average Bonchev–Trinajstić information content (AvgIpc) is 3.33. The number of benzene rings is 4. The fraction of sp³-hybridized carbons (Fsp3) is 0.0909. The van der Waals surface area contributed by atoms with Gasteiger partial charge < -0.3 is 14.6 Å². The Kier molecular flexibility index (Phi) is 7.55. The standard InChI is InChI=1S/C33H30N4O2/c1-36(2)27-19-17-24(18-20-27)22-34-35-32(39)23-37-30(28-15-9-10-16-31(28)38)21-29(25-11-5-3-6-12-25)33(37)26-13-7-4-8-14-26/h3-22,38H,23H2,1-2H3,(H,35,39)/b34-22+. The molecule has 0 aliphatic carbocycles. The lowest BCUT2D eigenvalue weighted by Crippen LogP contribution is -2.24. The molecule has 0 spiro atoms. The van der Waals surface area contributed by atoms with E-state index in [2.05, 4.69) is 10.5 Å². The summed E-state index contributed by atoms with van der Waals surface area (Å²) in [4.78, 5) is 15.3. The van der Waals surface area contributed by atoms with Crippen LogP contribution in [0, 0.1) is 0 Å². The lowest BCUT2D eigenvalue weighted by atomic mass is 10.0. The molecule has 0 saturated carbocycles. The number of hydrazone groups is 1. The summed E-state index contributed by atoms with van der Waals surface area (Å²) in [6, 6.07) is 37.2. The maximum atomic E-state index is 13.2. The molecule has 4 aromatic carbocycles. The fourth-order valence-electron chi connectivity index (χ4n) is 4.59. The van der Waals surface area contributed by atoms with Crippen molar-refractivity contribution in [3.63, 3.8) is 0 Å². The van der Waals surface area contributed by atoms with Crippen molar-refractivity contribution < 1.29 is 9.90 Å². The molecule has 0 radical (unpaired) electrons. The largest absolute Gasteiger partial charge is 0.507 e. The Balaban J connectivity index is 1.53. The zero-order valence-corrected chi connectivity index (χ0v) is 22.0. The normalized spacial score (nSPS) is 11.0. The molecule has 0 saturated heterocycles. The molecule has 0 aliphatic heterocycles. The first-order valence-corrected chi connectivity index (χ1v) is 12.7. The number of hydrogen-bond acceptors (Lipinski definition) is 4. The highest BCUT2D eigenvalue weighted by molar-refractivity contribution is 5.90.